The lowest BCUT2D eigenvalue weighted by Gasteiger charge is -2.13. The van der Waals surface area contributed by atoms with Gasteiger partial charge in [0.1, 0.15) is 5.75 Å². The van der Waals surface area contributed by atoms with Crippen molar-refractivity contribution in [2.45, 2.75) is 20.2 Å². The van der Waals surface area contributed by atoms with Crippen molar-refractivity contribution in [3.8, 4) is 28.0 Å². The summed E-state index contributed by atoms with van der Waals surface area (Å²) in [5, 5.41) is 0. The van der Waals surface area contributed by atoms with Gasteiger partial charge in [0.05, 0.1) is 0 Å². The number of benzene rings is 3. The average molecular weight is 594 g/mol. The van der Waals surface area contributed by atoms with Crippen molar-refractivity contribution in [1.82, 2.24) is 0 Å². The lowest BCUT2D eigenvalue weighted by Crippen LogP contribution is -2.16. The highest BCUT2D eigenvalue weighted by molar-refractivity contribution is 14.1. The van der Waals surface area contributed by atoms with Crippen LogP contribution < -0.4 is 4.74 Å². The van der Waals surface area contributed by atoms with E-state index in [4.69, 9.17) is 0 Å². The van der Waals surface area contributed by atoms with Crippen LogP contribution in [0.4, 0.5) is 13.2 Å². The number of hydrogen-bond acceptors (Lipinski definition) is 1. The zero-order valence-corrected chi connectivity index (χ0v) is 18.8. The van der Waals surface area contributed by atoms with Gasteiger partial charge >= 0.3 is 6.36 Å². The smallest absolute Gasteiger partial charge is 0.406 e. The fourth-order valence-corrected chi connectivity index (χ4v) is 5.15. The van der Waals surface area contributed by atoms with E-state index in [9.17, 15) is 13.2 Å². The predicted octanol–water partition coefficient (Wildman–Crippen LogP) is 7.75. The van der Waals surface area contributed by atoms with E-state index in [1.807, 2.05) is 12.1 Å². The molecule has 0 aliphatic carbocycles. The number of ether oxygens (including phenoxy) is 1. The van der Waals surface area contributed by atoms with Gasteiger partial charge < -0.3 is 4.74 Å². The zero-order valence-electron chi connectivity index (χ0n) is 14.5. The predicted molar refractivity (Wildman–Crippen MR) is 119 cm³/mol. The summed E-state index contributed by atoms with van der Waals surface area (Å²) in [5.74, 6) is -0.220. The third-order valence-electron chi connectivity index (χ3n) is 4.26. The van der Waals surface area contributed by atoms with Crippen LogP contribution in [0.3, 0.4) is 0 Å². The largest absolute Gasteiger partial charge is 0.573 e. The Morgan fingerprint density at radius 1 is 0.704 bits per heavy atom. The average Bonchev–Trinajstić information content (AvgIpc) is 2.56. The Bertz CT molecular complexity index is 957. The summed E-state index contributed by atoms with van der Waals surface area (Å²) in [5.41, 5.74) is 6.61. The first kappa shape index (κ1) is 20.4. The van der Waals surface area contributed by atoms with Crippen LogP contribution >= 0.6 is 45.2 Å². The van der Waals surface area contributed by atoms with Gasteiger partial charge in [0, 0.05) is 12.7 Å². The van der Waals surface area contributed by atoms with Crippen molar-refractivity contribution in [2.24, 2.45) is 0 Å². The van der Waals surface area contributed by atoms with Gasteiger partial charge in [-0.15, -0.1) is 13.2 Å². The van der Waals surface area contributed by atoms with Crippen LogP contribution in [0.15, 0.2) is 54.6 Å². The first-order chi connectivity index (χ1) is 12.6. The van der Waals surface area contributed by atoms with E-state index >= 15 is 0 Å². The molecule has 3 aromatic carbocycles. The molecule has 3 aromatic rings. The maximum Gasteiger partial charge on any atom is 0.573 e. The highest BCUT2D eigenvalue weighted by atomic mass is 127. The molecule has 0 bridgehead atoms. The maximum absolute atomic E-state index is 12.3. The van der Waals surface area contributed by atoms with Crippen molar-refractivity contribution in [3.05, 3.63) is 72.9 Å². The molecule has 0 aliphatic heterocycles. The Balaban J connectivity index is 1.96. The fraction of sp³-hybridized carbons (Fsp3) is 0.143. The van der Waals surface area contributed by atoms with Crippen molar-refractivity contribution >= 4 is 45.2 Å². The molecular formula is C21H15F3I2O. The highest BCUT2D eigenvalue weighted by Crippen LogP contribution is 2.36. The molecule has 27 heavy (non-hydrogen) atoms. The first-order valence-electron chi connectivity index (χ1n) is 8.07. The SMILES string of the molecule is Cc1ccc(-c2c(I)cc(-c3ccc(OC(F)(F)F)cc3)cc2I)cc1C. The second kappa shape index (κ2) is 7.98. The summed E-state index contributed by atoms with van der Waals surface area (Å²) in [4.78, 5) is 0. The van der Waals surface area contributed by atoms with Crippen LogP contribution in [-0.4, -0.2) is 6.36 Å². The van der Waals surface area contributed by atoms with Crippen LogP contribution in [0.1, 0.15) is 11.1 Å². The van der Waals surface area contributed by atoms with E-state index in [1.165, 1.54) is 28.8 Å². The minimum atomic E-state index is -4.68. The summed E-state index contributed by atoms with van der Waals surface area (Å²) in [6.45, 7) is 4.18. The fourth-order valence-electron chi connectivity index (χ4n) is 2.76. The van der Waals surface area contributed by atoms with E-state index < -0.39 is 6.36 Å². The van der Waals surface area contributed by atoms with E-state index in [0.29, 0.717) is 0 Å². The maximum atomic E-state index is 12.3. The van der Waals surface area contributed by atoms with Gasteiger partial charge in [-0.3, -0.25) is 0 Å². The Morgan fingerprint density at radius 2 is 1.26 bits per heavy atom. The Morgan fingerprint density at radius 3 is 1.78 bits per heavy atom. The minimum Gasteiger partial charge on any atom is -0.406 e. The Kier molecular flexibility index (Phi) is 6.05. The molecular weight excluding hydrogens is 579 g/mol. The minimum absolute atomic E-state index is 0.220. The topological polar surface area (TPSA) is 9.23 Å². The molecule has 0 heterocycles. The summed E-state index contributed by atoms with van der Waals surface area (Å²) in [6.07, 6.45) is -4.68. The molecule has 0 aliphatic rings. The molecule has 0 fully saturated rings. The van der Waals surface area contributed by atoms with Gasteiger partial charge in [0.15, 0.2) is 0 Å². The highest BCUT2D eigenvalue weighted by Gasteiger charge is 2.31. The molecule has 0 saturated heterocycles. The van der Waals surface area contributed by atoms with Crippen molar-refractivity contribution in [1.29, 1.82) is 0 Å². The molecule has 1 nitrogen and oxygen atoms in total. The zero-order chi connectivity index (χ0) is 19.8. The summed E-state index contributed by atoms with van der Waals surface area (Å²) in [7, 11) is 0. The molecule has 0 unspecified atom stereocenters. The van der Waals surface area contributed by atoms with Gasteiger partial charge in [-0.05, 0) is 111 Å². The molecule has 0 aromatic heterocycles. The molecule has 0 amide bonds. The number of alkyl halides is 3. The van der Waals surface area contributed by atoms with Crippen LogP contribution in [0.25, 0.3) is 22.3 Å². The van der Waals surface area contributed by atoms with Crippen LogP contribution in [-0.2, 0) is 0 Å². The molecule has 6 heteroatoms. The standard InChI is InChI=1S/C21H15F3I2O/c1-12-3-4-15(9-13(12)2)20-18(25)10-16(11-19(20)26)14-5-7-17(8-6-14)27-21(22,23)24/h3-11H,1-2H3. The van der Waals surface area contributed by atoms with E-state index in [1.54, 1.807) is 12.1 Å². The third-order valence-corrected chi connectivity index (χ3v) is 5.96. The number of hydrogen-bond donors (Lipinski definition) is 0. The first-order valence-corrected chi connectivity index (χ1v) is 10.2. The van der Waals surface area contributed by atoms with Gasteiger partial charge in [-0.25, -0.2) is 0 Å². The summed E-state index contributed by atoms with van der Waals surface area (Å²) >= 11 is 4.62. The van der Waals surface area contributed by atoms with Crippen molar-refractivity contribution < 1.29 is 17.9 Å². The summed E-state index contributed by atoms with van der Waals surface area (Å²) < 4.78 is 43.0. The molecule has 0 saturated carbocycles. The van der Waals surface area contributed by atoms with Gasteiger partial charge in [0.2, 0.25) is 0 Å². The van der Waals surface area contributed by atoms with Gasteiger partial charge in [0.25, 0.3) is 0 Å². The molecule has 0 N–H and O–H groups in total. The Labute approximate surface area is 183 Å². The molecule has 0 radical (unpaired) electrons. The van der Waals surface area contributed by atoms with E-state index in [-0.39, 0.29) is 5.75 Å². The van der Waals surface area contributed by atoms with Crippen molar-refractivity contribution in [2.75, 3.05) is 0 Å². The quantitative estimate of drug-likeness (QED) is 0.282. The number of rotatable bonds is 3. The second-order valence-corrected chi connectivity index (χ2v) is 8.51. The van der Waals surface area contributed by atoms with Crippen LogP contribution in [0, 0.1) is 21.0 Å². The molecule has 0 atom stereocenters. The van der Waals surface area contributed by atoms with Crippen LogP contribution in [0.5, 0.6) is 5.75 Å². The van der Waals surface area contributed by atoms with Gasteiger partial charge in [-0.1, -0.05) is 30.3 Å². The normalized spacial score (nSPS) is 11.5. The molecule has 140 valence electrons. The van der Waals surface area contributed by atoms with Gasteiger partial charge in [-0.2, -0.15) is 0 Å². The lowest BCUT2D eigenvalue weighted by atomic mass is 9.98. The lowest BCUT2D eigenvalue weighted by molar-refractivity contribution is -0.274. The van der Waals surface area contributed by atoms with Crippen LogP contribution in [0.2, 0.25) is 0 Å². The monoisotopic (exact) mass is 594 g/mol. The third kappa shape index (κ3) is 4.96. The number of aryl methyl sites for hydroxylation is 2. The summed E-state index contributed by atoms with van der Waals surface area (Å²) in [6, 6.07) is 16.4. The van der Waals surface area contributed by atoms with Crippen molar-refractivity contribution in [3.63, 3.8) is 0 Å². The molecule has 3 rings (SSSR count). The Hall–Kier alpha value is -1.29. The van der Waals surface area contributed by atoms with E-state index in [2.05, 4.69) is 82.0 Å². The molecule has 0 spiro atoms. The van der Waals surface area contributed by atoms with E-state index in [0.717, 1.165) is 23.8 Å². The number of halogens is 5. The second-order valence-electron chi connectivity index (χ2n) is 6.19.